The van der Waals surface area contributed by atoms with Gasteiger partial charge in [0.1, 0.15) is 0 Å². The number of anilines is 1. The molecule has 4 nitrogen and oxygen atoms in total. The highest BCUT2D eigenvalue weighted by molar-refractivity contribution is 9.10. The molecule has 1 aliphatic heterocycles. The molecule has 1 amide bonds. The van der Waals surface area contributed by atoms with Crippen molar-refractivity contribution in [3.05, 3.63) is 70.8 Å². The van der Waals surface area contributed by atoms with E-state index in [0.717, 1.165) is 41.5 Å². The number of hydrogen-bond donors (Lipinski definition) is 1. The van der Waals surface area contributed by atoms with E-state index < -0.39 is 0 Å². The molecule has 0 spiro atoms. The van der Waals surface area contributed by atoms with Crippen LogP contribution in [0.1, 0.15) is 23.2 Å². The summed E-state index contributed by atoms with van der Waals surface area (Å²) < 4.78 is 1.04. The number of rotatable bonds is 3. The van der Waals surface area contributed by atoms with Crippen LogP contribution in [0.3, 0.4) is 0 Å². The molecule has 132 valence electrons. The Morgan fingerprint density at radius 2 is 1.85 bits per heavy atom. The quantitative estimate of drug-likeness (QED) is 0.697. The first-order valence-electron chi connectivity index (χ1n) is 8.86. The Morgan fingerprint density at radius 3 is 2.62 bits per heavy atom. The van der Waals surface area contributed by atoms with Crippen molar-refractivity contribution in [3.8, 4) is 0 Å². The molecule has 0 atom stereocenters. The molecule has 1 N–H and O–H groups in total. The number of nitrogens with one attached hydrogen (secondary N) is 1. The number of carbonyl (C=O) groups is 1. The molecule has 5 heteroatoms. The summed E-state index contributed by atoms with van der Waals surface area (Å²) in [6.07, 6.45) is 3.76. The predicted octanol–water partition coefficient (Wildman–Crippen LogP) is 4.40. The largest absolute Gasteiger partial charge is 0.371 e. The van der Waals surface area contributed by atoms with E-state index in [4.69, 9.17) is 0 Å². The molecule has 1 aliphatic rings. The Hall–Kier alpha value is -2.40. The van der Waals surface area contributed by atoms with Crippen molar-refractivity contribution in [2.24, 2.45) is 0 Å². The molecule has 2 aromatic carbocycles. The van der Waals surface area contributed by atoms with Crippen molar-refractivity contribution >= 4 is 38.4 Å². The number of amides is 1. The summed E-state index contributed by atoms with van der Waals surface area (Å²) in [5.41, 5.74) is 2.94. The van der Waals surface area contributed by atoms with Crippen LogP contribution in [0.4, 0.5) is 5.69 Å². The number of carbonyl (C=O) groups excluding carboxylic acids is 1. The van der Waals surface area contributed by atoms with Gasteiger partial charge in [0.25, 0.3) is 5.91 Å². The zero-order valence-electron chi connectivity index (χ0n) is 14.4. The minimum atomic E-state index is 0.0169. The molecule has 2 heterocycles. The zero-order valence-corrected chi connectivity index (χ0v) is 15.9. The van der Waals surface area contributed by atoms with E-state index in [1.165, 1.54) is 11.1 Å². The molecule has 3 aromatic rings. The third-order valence-electron chi connectivity index (χ3n) is 4.89. The van der Waals surface area contributed by atoms with Crippen molar-refractivity contribution in [2.45, 2.75) is 18.9 Å². The van der Waals surface area contributed by atoms with E-state index in [-0.39, 0.29) is 11.9 Å². The van der Waals surface area contributed by atoms with E-state index in [1.807, 2.05) is 42.6 Å². The van der Waals surface area contributed by atoms with Crippen molar-refractivity contribution in [1.82, 2.24) is 10.3 Å². The van der Waals surface area contributed by atoms with Crippen molar-refractivity contribution in [2.75, 3.05) is 18.0 Å². The Morgan fingerprint density at radius 1 is 1.08 bits per heavy atom. The molecule has 0 aliphatic carbocycles. The fourth-order valence-corrected chi connectivity index (χ4v) is 3.85. The van der Waals surface area contributed by atoms with Gasteiger partial charge in [-0.15, -0.1) is 0 Å². The molecule has 0 saturated carbocycles. The fourth-order valence-electron chi connectivity index (χ4n) is 3.50. The molecule has 0 unspecified atom stereocenters. The first-order valence-corrected chi connectivity index (χ1v) is 9.65. The number of halogens is 1. The van der Waals surface area contributed by atoms with Crippen LogP contribution >= 0.6 is 15.9 Å². The molecular weight excluding hydrogens is 390 g/mol. The van der Waals surface area contributed by atoms with Gasteiger partial charge in [-0.25, -0.2) is 0 Å². The molecule has 26 heavy (non-hydrogen) atoms. The summed E-state index contributed by atoms with van der Waals surface area (Å²) in [5, 5.41) is 4.34. The van der Waals surface area contributed by atoms with Gasteiger partial charge in [0, 0.05) is 46.4 Å². The van der Waals surface area contributed by atoms with Gasteiger partial charge in [0.05, 0.1) is 5.52 Å². The molecular formula is C21H20BrN3O. The van der Waals surface area contributed by atoms with E-state index in [9.17, 15) is 4.79 Å². The van der Waals surface area contributed by atoms with Gasteiger partial charge >= 0.3 is 0 Å². The Kier molecular flexibility index (Phi) is 4.89. The van der Waals surface area contributed by atoms with Crippen LogP contribution in [0.15, 0.2) is 65.3 Å². The maximum Gasteiger partial charge on any atom is 0.251 e. The summed E-state index contributed by atoms with van der Waals surface area (Å²) in [6.45, 7) is 1.85. The van der Waals surface area contributed by atoms with Crippen molar-refractivity contribution in [1.29, 1.82) is 0 Å². The van der Waals surface area contributed by atoms with Gasteiger partial charge in [-0.05, 0) is 49.2 Å². The number of benzene rings is 2. The van der Waals surface area contributed by atoms with Crippen LogP contribution in [0.2, 0.25) is 0 Å². The molecule has 0 radical (unpaired) electrons. The van der Waals surface area contributed by atoms with Gasteiger partial charge in [-0.1, -0.05) is 34.1 Å². The monoisotopic (exact) mass is 409 g/mol. The van der Waals surface area contributed by atoms with Crippen molar-refractivity contribution < 1.29 is 4.79 Å². The Bertz CT molecular complexity index is 921. The standard InChI is InChI=1S/C21H20BrN3O/c22-16-6-7-18-19(14-16)23-11-8-20(18)25-12-9-17(10-13-25)24-21(26)15-4-2-1-3-5-15/h1-8,11,14,17H,9-10,12-13H2,(H,24,26). The second kappa shape index (κ2) is 7.46. The highest BCUT2D eigenvalue weighted by atomic mass is 79.9. The average Bonchev–Trinajstić information content (AvgIpc) is 2.68. The second-order valence-corrected chi connectivity index (χ2v) is 7.51. The van der Waals surface area contributed by atoms with E-state index in [1.54, 1.807) is 0 Å². The van der Waals surface area contributed by atoms with Gasteiger partial charge in [-0.3, -0.25) is 9.78 Å². The fraction of sp³-hybridized carbons (Fsp3) is 0.238. The van der Waals surface area contributed by atoms with Crippen molar-refractivity contribution in [3.63, 3.8) is 0 Å². The topological polar surface area (TPSA) is 45.2 Å². The van der Waals surface area contributed by atoms with Gasteiger partial charge in [0.2, 0.25) is 0 Å². The van der Waals surface area contributed by atoms with Crippen LogP contribution in [0, 0.1) is 0 Å². The molecule has 1 fully saturated rings. The SMILES string of the molecule is O=C(NC1CCN(c2ccnc3cc(Br)ccc23)CC1)c1ccccc1. The van der Waals surface area contributed by atoms with Crippen LogP contribution < -0.4 is 10.2 Å². The van der Waals surface area contributed by atoms with Crippen LogP contribution in [0.5, 0.6) is 0 Å². The number of piperidine rings is 1. The minimum Gasteiger partial charge on any atom is -0.371 e. The highest BCUT2D eigenvalue weighted by Gasteiger charge is 2.22. The first kappa shape index (κ1) is 17.0. The smallest absolute Gasteiger partial charge is 0.251 e. The molecule has 1 saturated heterocycles. The predicted molar refractivity (Wildman–Crippen MR) is 109 cm³/mol. The lowest BCUT2D eigenvalue weighted by atomic mass is 10.0. The van der Waals surface area contributed by atoms with Gasteiger partial charge in [-0.2, -0.15) is 0 Å². The summed E-state index contributed by atoms with van der Waals surface area (Å²) >= 11 is 3.51. The summed E-state index contributed by atoms with van der Waals surface area (Å²) in [4.78, 5) is 19.2. The summed E-state index contributed by atoms with van der Waals surface area (Å²) in [6, 6.07) is 17.9. The van der Waals surface area contributed by atoms with E-state index in [2.05, 4.69) is 49.3 Å². The maximum atomic E-state index is 12.3. The lowest BCUT2D eigenvalue weighted by Crippen LogP contribution is -2.44. The van der Waals surface area contributed by atoms with Crippen LogP contribution in [0.25, 0.3) is 10.9 Å². The summed E-state index contributed by atoms with van der Waals surface area (Å²) in [7, 11) is 0. The number of aromatic nitrogens is 1. The Labute approximate surface area is 161 Å². The lowest BCUT2D eigenvalue weighted by molar-refractivity contribution is 0.0931. The van der Waals surface area contributed by atoms with Crippen LogP contribution in [-0.4, -0.2) is 30.0 Å². The Balaban J connectivity index is 1.43. The number of nitrogens with zero attached hydrogens (tertiary/aromatic N) is 2. The first-order chi connectivity index (χ1) is 12.7. The third kappa shape index (κ3) is 3.58. The highest BCUT2D eigenvalue weighted by Crippen LogP contribution is 2.29. The molecule has 0 bridgehead atoms. The maximum absolute atomic E-state index is 12.3. The van der Waals surface area contributed by atoms with Gasteiger partial charge < -0.3 is 10.2 Å². The van der Waals surface area contributed by atoms with Gasteiger partial charge in [0.15, 0.2) is 0 Å². The number of fused-ring (bicyclic) bond motifs is 1. The van der Waals surface area contributed by atoms with E-state index >= 15 is 0 Å². The number of hydrogen-bond acceptors (Lipinski definition) is 3. The molecule has 4 rings (SSSR count). The lowest BCUT2D eigenvalue weighted by Gasteiger charge is -2.34. The van der Waals surface area contributed by atoms with Crippen LogP contribution in [-0.2, 0) is 0 Å². The second-order valence-electron chi connectivity index (χ2n) is 6.59. The number of pyridine rings is 1. The minimum absolute atomic E-state index is 0.0169. The van der Waals surface area contributed by atoms with E-state index in [0.29, 0.717) is 0 Å². The summed E-state index contributed by atoms with van der Waals surface area (Å²) in [5.74, 6) is 0.0169. The molecule has 1 aromatic heterocycles. The zero-order chi connectivity index (χ0) is 17.9. The average molecular weight is 410 g/mol. The normalized spacial score (nSPS) is 15.2. The third-order valence-corrected chi connectivity index (χ3v) is 5.38.